The van der Waals surface area contributed by atoms with Crippen LogP contribution in [0.2, 0.25) is 0 Å². The molecule has 0 saturated heterocycles. The van der Waals surface area contributed by atoms with E-state index in [0.29, 0.717) is 18.6 Å². The summed E-state index contributed by atoms with van der Waals surface area (Å²) in [5.41, 5.74) is 0.178. The molecule has 0 N–H and O–H groups in total. The molecule has 1 saturated carbocycles. The molecule has 1 aliphatic rings. The fraction of sp³-hybridized carbons (Fsp3) is 0.800. The molecule has 0 spiro atoms. The lowest BCUT2D eigenvalue weighted by Crippen LogP contribution is -2.05. The molecule has 1 fully saturated rings. The summed E-state index contributed by atoms with van der Waals surface area (Å²) >= 11 is 0. The molecule has 12 heavy (non-hydrogen) atoms. The summed E-state index contributed by atoms with van der Waals surface area (Å²) in [6.07, 6.45) is 2.95. The van der Waals surface area contributed by atoms with Crippen LogP contribution in [0.15, 0.2) is 0 Å². The third-order valence-electron chi connectivity index (χ3n) is 2.51. The number of rotatable bonds is 2. The van der Waals surface area contributed by atoms with Crippen molar-refractivity contribution in [3.8, 4) is 6.07 Å². The van der Waals surface area contributed by atoms with Crippen molar-refractivity contribution in [2.24, 2.45) is 11.3 Å². The Bertz CT molecular complexity index is 224. The van der Waals surface area contributed by atoms with Gasteiger partial charge in [0.1, 0.15) is 5.78 Å². The fourth-order valence-corrected chi connectivity index (χ4v) is 1.97. The summed E-state index contributed by atoms with van der Waals surface area (Å²) in [7, 11) is 0. The first-order valence-corrected chi connectivity index (χ1v) is 4.45. The summed E-state index contributed by atoms with van der Waals surface area (Å²) in [5, 5.41) is 8.38. The van der Waals surface area contributed by atoms with E-state index in [1.54, 1.807) is 0 Å². The van der Waals surface area contributed by atoms with E-state index in [1.807, 2.05) is 0 Å². The van der Waals surface area contributed by atoms with Gasteiger partial charge in [0.15, 0.2) is 0 Å². The van der Waals surface area contributed by atoms with E-state index < -0.39 is 0 Å². The number of nitriles is 1. The fourth-order valence-electron chi connectivity index (χ4n) is 1.97. The summed E-state index contributed by atoms with van der Waals surface area (Å²) in [4.78, 5) is 11.4. The Morgan fingerprint density at radius 1 is 1.67 bits per heavy atom. The molecule has 1 unspecified atom stereocenters. The Balaban J connectivity index is 2.48. The van der Waals surface area contributed by atoms with Crippen molar-refractivity contribution < 1.29 is 4.79 Å². The standard InChI is InChI=1S/C10H15NO/c1-10(2)6-8(4-3-5-11)9(12)7-10/h8H,3-4,6-7H2,1-2H3. The molecule has 66 valence electrons. The summed E-state index contributed by atoms with van der Waals surface area (Å²) in [6.45, 7) is 4.24. The molecule has 1 atom stereocenters. The van der Waals surface area contributed by atoms with Gasteiger partial charge in [0.2, 0.25) is 0 Å². The molecule has 0 aromatic heterocycles. The van der Waals surface area contributed by atoms with Crippen LogP contribution < -0.4 is 0 Å². The first-order valence-electron chi connectivity index (χ1n) is 4.45. The maximum atomic E-state index is 11.4. The second-order valence-electron chi connectivity index (χ2n) is 4.41. The number of hydrogen-bond donors (Lipinski definition) is 0. The van der Waals surface area contributed by atoms with Crippen LogP contribution in [0.1, 0.15) is 39.5 Å². The van der Waals surface area contributed by atoms with Gasteiger partial charge in [0, 0.05) is 18.8 Å². The summed E-state index contributed by atoms with van der Waals surface area (Å²) in [6, 6.07) is 2.09. The zero-order chi connectivity index (χ0) is 9.19. The van der Waals surface area contributed by atoms with Crippen molar-refractivity contribution in [1.29, 1.82) is 5.26 Å². The maximum Gasteiger partial charge on any atom is 0.136 e. The number of nitrogens with zero attached hydrogens (tertiary/aromatic N) is 1. The van der Waals surface area contributed by atoms with Crippen molar-refractivity contribution in [1.82, 2.24) is 0 Å². The predicted molar refractivity (Wildman–Crippen MR) is 46.4 cm³/mol. The second-order valence-corrected chi connectivity index (χ2v) is 4.41. The summed E-state index contributed by atoms with van der Waals surface area (Å²) < 4.78 is 0. The van der Waals surface area contributed by atoms with Gasteiger partial charge in [0.05, 0.1) is 6.07 Å². The van der Waals surface area contributed by atoms with Gasteiger partial charge in [-0.3, -0.25) is 4.79 Å². The molecule has 0 aromatic rings. The third kappa shape index (κ3) is 2.07. The third-order valence-corrected chi connectivity index (χ3v) is 2.51. The van der Waals surface area contributed by atoms with E-state index in [4.69, 9.17) is 5.26 Å². The van der Waals surface area contributed by atoms with Crippen molar-refractivity contribution in [2.75, 3.05) is 0 Å². The molecule has 1 rings (SSSR count). The lowest BCUT2D eigenvalue weighted by atomic mass is 9.90. The largest absolute Gasteiger partial charge is 0.299 e. The van der Waals surface area contributed by atoms with Gasteiger partial charge in [-0.15, -0.1) is 0 Å². The molecular weight excluding hydrogens is 150 g/mol. The molecule has 0 amide bonds. The zero-order valence-electron chi connectivity index (χ0n) is 7.76. The van der Waals surface area contributed by atoms with Crippen LogP contribution in [-0.4, -0.2) is 5.78 Å². The number of hydrogen-bond acceptors (Lipinski definition) is 2. The number of carbonyl (C=O) groups excluding carboxylic acids is 1. The number of ketones is 1. The Hall–Kier alpha value is -0.840. The lowest BCUT2D eigenvalue weighted by Gasteiger charge is -2.14. The van der Waals surface area contributed by atoms with E-state index in [-0.39, 0.29) is 11.3 Å². The van der Waals surface area contributed by atoms with Crippen LogP contribution >= 0.6 is 0 Å². The normalized spacial score (nSPS) is 27.1. The molecule has 0 heterocycles. The average Bonchev–Trinajstić information content (AvgIpc) is 2.20. The van der Waals surface area contributed by atoms with Gasteiger partial charge in [-0.05, 0) is 18.3 Å². The minimum atomic E-state index is 0.166. The average molecular weight is 165 g/mol. The highest BCUT2D eigenvalue weighted by atomic mass is 16.1. The van der Waals surface area contributed by atoms with E-state index in [2.05, 4.69) is 19.9 Å². The molecular formula is C10H15NO. The summed E-state index contributed by atoms with van der Waals surface area (Å²) in [5.74, 6) is 0.523. The quantitative estimate of drug-likeness (QED) is 0.630. The maximum absolute atomic E-state index is 11.4. The molecule has 0 aliphatic heterocycles. The number of Topliss-reactive ketones (excluding diaryl/α,β-unsaturated/α-hetero) is 1. The van der Waals surface area contributed by atoms with E-state index >= 15 is 0 Å². The zero-order valence-corrected chi connectivity index (χ0v) is 7.76. The smallest absolute Gasteiger partial charge is 0.136 e. The van der Waals surface area contributed by atoms with Crippen LogP contribution in [0.4, 0.5) is 0 Å². The van der Waals surface area contributed by atoms with E-state index in [1.165, 1.54) is 0 Å². The van der Waals surface area contributed by atoms with Crippen LogP contribution in [0.25, 0.3) is 0 Å². The Kier molecular flexibility index (Phi) is 2.52. The van der Waals surface area contributed by atoms with E-state index in [0.717, 1.165) is 12.8 Å². The monoisotopic (exact) mass is 165 g/mol. The molecule has 1 aliphatic carbocycles. The Labute approximate surface area is 73.6 Å². The van der Waals surface area contributed by atoms with Crippen molar-refractivity contribution in [2.45, 2.75) is 39.5 Å². The van der Waals surface area contributed by atoms with Crippen LogP contribution in [0, 0.1) is 22.7 Å². The highest BCUT2D eigenvalue weighted by Gasteiger charge is 2.37. The van der Waals surface area contributed by atoms with Crippen molar-refractivity contribution in [3.63, 3.8) is 0 Å². The first-order chi connectivity index (χ1) is 5.55. The first kappa shape index (κ1) is 9.25. The van der Waals surface area contributed by atoms with Gasteiger partial charge in [-0.2, -0.15) is 5.26 Å². The molecule has 2 nitrogen and oxygen atoms in total. The van der Waals surface area contributed by atoms with Gasteiger partial charge >= 0.3 is 0 Å². The lowest BCUT2D eigenvalue weighted by molar-refractivity contribution is -0.121. The van der Waals surface area contributed by atoms with Crippen LogP contribution in [0.5, 0.6) is 0 Å². The molecule has 0 aromatic carbocycles. The van der Waals surface area contributed by atoms with Gasteiger partial charge < -0.3 is 0 Å². The van der Waals surface area contributed by atoms with Gasteiger partial charge in [-0.1, -0.05) is 13.8 Å². The highest BCUT2D eigenvalue weighted by molar-refractivity contribution is 5.83. The highest BCUT2D eigenvalue weighted by Crippen LogP contribution is 2.40. The predicted octanol–water partition coefficient (Wildman–Crippen LogP) is 2.30. The topological polar surface area (TPSA) is 40.9 Å². The van der Waals surface area contributed by atoms with E-state index in [9.17, 15) is 4.79 Å². The molecule has 2 heteroatoms. The van der Waals surface area contributed by atoms with Crippen molar-refractivity contribution >= 4 is 5.78 Å². The van der Waals surface area contributed by atoms with Gasteiger partial charge in [0.25, 0.3) is 0 Å². The second kappa shape index (κ2) is 3.26. The number of carbonyl (C=O) groups is 1. The van der Waals surface area contributed by atoms with Crippen LogP contribution in [0.3, 0.4) is 0 Å². The minimum absolute atomic E-state index is 0.166. The Morgan fingerprint density at radius 3 is 2.75 bits per heavy atom. The Morgan fingerprint density at radius 2 is 2.33 bits per heavy atom. The molecule has 0 radical (unpaired) electrons. The van der Waals surface area contributed by atoms with Crippen molar-refractivity contribution in [3.05, 3.63) is 0 Å². The van der Waals surface area contributed by atoms with Gasteiger partial charge in [-0.25, -0.2) is 0 Å². The minimum Gasteiger partial charge on any atom is -0.299 e. The SMILES string of the molecule is CC1(C)CC(=O)C(CCC#N)C1. The van der Waals surface area contributed by atoms with Crippen LogP contribution in [-0.2, 0) is 4.79 Å². The molecule has 0 bridgehead atoms.